The largest absolute Gasteiger partial charge is 0.492 e. The highest BCUT2D eigenvalue weighted by Gasteiger charge is 2.26. The third-order valence-corrected chi connectivity index (χ3v) is 7.34. The molecule has 37 heavy (non-hydrogen) atoms. The number of aromatic nitrogens is 1. The second kappa shape index (κ2) is 10.1. The van der Waals surface area contributed by atoms with Gasteiger partial charge in [-0.2, -0.15) is 5.11 Å². The van der Waals surface area contributed by atoms with Crippen molar-refractivity contribution in [3.05, 3.63) is 63.6 Å². The number of hydrogen-bond donors (Lipinski definition) is 2. The van der Waals surface area contributed by atoms with Crippen LogP contribution in [-0.4, -0.2) is 39.2 Å². The van der Waals surface area contributed by atoms with E-state index in [0.717, 1.165) is 27.9 Å². The van der Waals surface area contributed by atoms with E-state index in [2.05, 4.69) is 25.4 Å². The van der Waals surface area contributed by atoms with E-state index in [1.54, 1.807) is 41.0 Å². The maximum atomic E-state index is 13.4. The Kier molecular flexibility index (Phi) is 7.24. The Hall–Kier alpha value is -3.51. The van der Waals surface area contributed by atoms with Crippen LogP contribution >= 0.6 is 11.3 Å². The summed E-state index contributed by atoms with van der Waals surface area (Å²) in [6, 6.07) is 8.78. The molecular weight excluding hydrogens is 512 g/mol. The van der Waals surface area contributed by atoms with Crippen molar-refractivity contribution in [2.24, 2.45) is 10.3 Å². The molecule has 0 saturated heterocycles. The fraction of sp³-hybridized carbons (Fsp3) is 0.360. The molecule has 1 atom stereocenters. The summed E-state index contributed by atoms with van der Waals surface area (Å²) in [6.07, 6.45) is 2.86. The molecule has 1 aliphatic heterocycles. The third kappa shape index (κ3) is 6.08. The van der Waals surface area contributed by atoms with E-state index >= 15 is 0 Å². The standard InChI is InChI=1S/C25H30N6O4S2/c1-15-7-8-16(9-21(15)31-13-20(28-30-31)22-12-26-14-36-22)24(32)27-18-10-17(25(2,3)4)11-19(23(18)35-5)29-37(6,33)34/h7-12,14,20,29H,13H2,1-6H3,(H,27,32). The molecule has 1 unspecified atom stereocenters. The molecule has 0 fully saturated rings. The molecule has 1 amide bonds. The highest BCUT2D eigenvalue weighted by molar-refractivity contribution is 7.92. The molecule has 0 bridgehead atoms. The quantitative estimate of drug-likeness (QED) is 0.417. The maximum absolute atomic E-state index is 13.4. The molecule has 1 aromatic heterocycles. The van der Waals surface area contributed by atoms with Crippen molar-refractivity contribution < 1.29 is 17.9 Å². The minimum atomic E-state index is -3.58. The van der Waals surface area contributed by atoms with Crippen LogP contribution in [0.5, 0.6) is 5.75 Å². The summed E-state index contributed by atoms with van der Waals surface area (Å²) in [5.41, 5.74) is 5.04. The second-order valence-electron chi connectivity index (χ2n) is 9.89. The van der Waals surface area contributed by atoms with Crippen LogP contribution in [0.1, 0.15) is 53.2 Å². The van der Waals surface area contributed by atoms with Crippen LogP contribution in [0.3, 0.4) is 0 Å². The number of methoxy groups -OCH3 is 1. The number of rotatable bonds is 7. The molecule has 1 aliphatic rings. The van der Waals surface area contributed by atoms with E-state index in [4.69, 9.17) is 4.74 Å². The van der Waals surface area contributed by atoms with Gasteiger partial charge in [-0.25, -0.2) is 13.4 Å². The number of nitrogens with one attached hydrogen (secondary N) is 2. The van der Waals surface area contributed by atoms with Crippen LogP contribution in [-0.2, 0) is 15.4 Å². The first-order chi connectivity index (χ1) is 17.4. The number of ether oxygens (including phenoxy) is 1. The summed E-state index contributed by atoms with van der Waals surface area (Å²) in [5.74, 6) is -0.147. The third-order valence-electron chi connectivity index (χ3n) is 5.88. The van der Waals surface area contributed by atoms with Gasteiger partial charge < -0.3 is 10.1 Å². The Morgan fingerprint density at radius 3 is 2.54 bits per heavy atom. The number of benzene rings is 2. The predicted octanol–water partition coefficient (Wildman–Crippen LogP) is 5.31. The Morgan fingerprint density at radius 1 is 1.19 bits per heavy atom. The zero-order valence-electron chi connectivity index (χ0n) is 21.6. The van der Waals surface area contributed by atoms with Gasteiger partial charge in [0, 0.05) is 11.8 Å². The number of nitrogens with zero attached hydrogens (tertiary/aromatic N) is 4. The van der Waals surface area contributed by atoms with Crippen molar-refractivity contribution in [3.63, 3.8) is 0 Å². The Labute approximate surface area is 220 Å². The molecule has 0 radical (unpaired) electrons. The van der Waals surface area contributed by atoms with Gasteiger partial charge in [0.2, 0.25) is 10.0 Å². The fourth-order valence-corrected chi connectivity index (χ4v) is 5.11. The Balaban J connectivity index is 1.65. The van der Waals surface area contributed by atoms with Crippen molar-refractivity contribution in [1.82, 2.24) is 4.98 Å². The van der Waals surface area contributed by atoms with Gasteiger partial charge in [-0.1, -0.05) is 32.1 Å². The zero-order valence-corrected chi connectivity index (χ0v) is 23.2. The molecule has 3 aromatic rings. The molecule has 12 heteroatoms. The summed E-state index contributed by atoms with van der Waals surface area (Å²) in [4.78, 5) is 18.5. The van der Waals surface area contributed by atoms with Crippen LogP contribution in [0.2, 0.25) is 0 Å². The minimum absolute atomic E-state index is 0.102. The summed E-state index contributed by atoms with van der Waals surface area (Å²) in [6.45, 7) is 8.50. The smallest absolute Gasteiger partial charge is 0.255 e. The molecule has 0 saturated carbocycles. The van der Waals surface area contributed by atoms with E-state index in [0.29, 0.717) is 17.8 Å². The van der Waals surface area contributed by atoms with Crippen LogP contribution in [0.15, 0.2) is 52.4 Å². The summed E-state index contributed by atoms with van der Waals surface area (Å²) < 4.78 is 32.0. The van der Waals surface area contributed by atoms with Crippen LogP contribution in [0, 0.1) is 6.92 Å². The van der Waals surface area contributed by atoms with Gasteiger partial charge in [0.15, 0.2) is 5.75 Å². The summed E-state index contributed by atoms with van der Waals surface area (Å²) in [7, 11) is -2.15. The van der Waals surface area contributed by atoms with E-state index in [1.165, 1.54) is 18.4 Å². The lowest BCUT2D eigenvalue weighted by Gasteiger charge is -2.24. The topological polar surface area (TPSA) is 125 Å². The van der Waals surface area contributed by atoms with Crippen LogP contribution in [0.25, 0.3) is 0 Å². The Bertz CT molecular complexity index is 1450. The number of anilines is 3. The molecule has 2 aromatic carbocycles. The lowest BCUT2D eigenvalue weighted by atomic mass is 9.86. The predicted molar refractivity (Wildman–Crippen MR) is 146 cm³/mol. The summed E-state index contributed by atoms with van der Waals surface area (Å²) >= 11 is 1.53. The van der Waals surface area contributed by atoms with Gasteiger partial charge in [0.25, 0.3) is 5.91 Å². The number of carbonyl (C=O) groups is 1. The number of thiazole rings is 1. The number of carbonyl (C=O) groups excluding carboxylic acids is 1. The first-order valence-electron chi connectivity index (χ1n) is 11.5. The van der Waals surface area contributed by atoms with Gasteiger partial charge in [0.1, 0.15) is 6.04 Å². The molecule has 4 rings (SSSR count). The number of sulfonamides is 1. The Morgan fingerprint density at radius 2 is 1.92 bits per heavy atom. The molecule has 0 aliphatic carbocycles. The van der Waals surface area contributed by atoms with Crippen molar-refractivity contribution in [2.45, 2.75) is 39.2 Å². The number of amides is 1. The second-order valence-corrected chi connectivity index (χ2v) is 12.6. The monoisotopic (exact) mass is 542 g/mol. The van der Waals surface area contributed by atoms with Crippen LogP contribution < -0.4 is 19.8 Å². The van der Waals surface area contributed by atoms with Crippen molar-refractivity contribution in [3.8, 4) is 5.75 Å². The van der Waals surface area contributed by atoms with Gasteiger partial charge >= 0.3 is 0 Å². The van der Waals surface area contributed by atoms with Gasteiger partial charge in [-0.3, -0.25) is 14.5 Å². The van der Waals surface area contributed by atoms with Crippen molar-refractivity contribution in [1.29, 1.82) is 0 Å². The van der Waals surface area contributed by atoms with E-state index < -0.39 is 10.0 Å². The number of hydrogen-bond acceptors (Lipinski definition) is 9. The lowest BCUT2D eigenvalue weighted by Crippen LogP contribution is -2.20. The number of aryl methyl sites for hydroxylation is 1. The zero-order chi connectivity index (χ0) is 27.0. The molecule has 10 nitrogen and oxygen atoms in total. The van der Waals surface area contributed by atoms with Gasteiger partial charge in [-0.15, -0.1) is 11.3 Å². The lowest BCUT2D eigenvalue weighted by molar-refractivity contribution is 0.102. The minimum Gasteiger partial charge on any atom is -0.492 e. The van der Waals surface area contributed by atoms with Crippen molar-refractivity contribution >= 4 is 44.3 Å². The summed E-state index contributed by atoms with van der Waals surface area (Å²) in [5, 5.41) is 13.4. The molecular formula is C25H30N6O4S2. The normalized spacial score (nSPS) is 15.6. The average Bonchev–Trinajstić information content (AvgIpc) is 3.50. The first kappa shape index (κ1) is 26.6. The molecule has 2 heterocycles. The highest BCUT2D eigenvalue weighted by atomic mass is 32.2. The highest BCUT2D eigenvalue weighted by Crippen LogP contribution is 2.39. The van der Waals surface area contributed by atoms with E-state index in [1.807, 2.05) is 33.8 Å². The van der Waals surface area contributed by atoms with Crippen LogP contribution in [0.4, 0.5) is 17.1 Å². The molecule has 2 N–H and O–H groups in total. The van der Waals surface area contributed by atoms with E-state index in [-0.39, 0.29) is 28.8 Å². The van der Waals surface area contributed by atoms with Gasteiger partial charge in [-0.05, 0) is 47.7 Å². The first-order valence-corrected chi connectivity index (χ1v) is 14.3. The van der Waals surface area contributed by atoms with E-state index in [9.17, 15) is 13.2 Å². The fourth-order valence-electron chi connectivity index (χ4n) is 3.92. The SMILES string of the molecule is COc1c(NC(=O)c2ccc(C)c(N3CC(c4cncs4)N=N3)c2)cc(C(C)(C)C)cc1NS(C)(=O)=O. The van der Waals surface area contributed by atoms with Gasteiger partial charge in [0.05, 0.1) is 47.4 Å². The molecule has 0 spiro atoms. The average molecular weight is 543 g/mol. The molecule has 196 valence electrons. The maximum Gasteiger partial charge on any atom is 0.255 e. The van der Waals surface area contributed by atoms with Crippen molar-refractivity contribution in [2.75, 3.05) is 35.0 Å².